The minimum Gasteiger partial charge on any atom is -0.380 e. The summed E-state index contributed by atoms with van der Waals surface area (Å²) in [5, 5.41) is 3.82. The fourth-order valence-electron chi connectivity index (χ4n) is 3.81. The maximum Gasteiger partial charge on any atom is 0.0593 e. The van der Waals surface area contributed by atoms with Crippen LogP contribution in [0.5, 0.6) is 0 Å². The lowest BCUT2D eigenvalue weighted by atomic mass is 9.83. The number of nitrogens with one attached hydrogen (secondary N) is 1. The normalized spacial score (nSPS) is 30.3. The van der Waals surface area contributed by atoms with Crippen LogP contribution in [0.3, 0.4) is 0 Å². The Morgan fingerprint density at radius 1 is 1.00 bits per heavy atom. The smallest absolute Gasteiger partial charge is 0.0593 e. The van der Waals surface area contributed by atoms with Gasteiger partial charge in [0.15, 0.2) is 0 Å². The third-order valence-corrected chi connectivity index (χ3v) is 5.33. The van der Waals surface area contributed by atoms with Crippen LogP contribution in [0.25, 0.3) is 0 Å². The molecule has 0 amide bonds. The van der Waals surface area contributed by atoms with Crippen LogP contribution in [-0.2, 0) is 4.74 Å². The first-order chi connectivity index (χ1) is 9.92. The van der Waals surface area contributed by atoms with E-state index >= 15 is 0 Å². The molecule has 1 atom stereocenters. The van der Waals surface area contributed by atoms with E-state index in [9.17, 15) is 0 Å². The first kappa shape index (κ1) is 14.8. The first-order valence-electron chi connectivity index (χ1n) is 8.95. The van der Waals surface area contributed by atoms with Crippen molar-refractivity contribution in [3.05, 3.63) is 0 Å². The lowest BCUT2D eigenvalue weighted by molar-refractivity contribution is 0.0919. The molecular weight excluding hydrogens is 248 g/mol. The standard InChI is InChI=1S/C17H32N2O/c1-2-5-16(6-3-1)17-13-19(10-4-9-18-17)11-12-20-14-15-7-8-15/h15-18H,1-14H2. The fourth-order valence-corrected chi connectivity index (χ4v) is 3.81. The molecule has 2 aliphatic carbocycles. The lowest BCUT2D eigenvalue weighted by Crippen LogP contribution is -2.44. The largest absolute Gasteiger partial charge is 0.380 e. The summed E-state index contributed by atoms with van der Waals surface area (Å²) in [7, 11) is 0. The lowest BCUT2D eigenvalue weighted by Gasteiger charge is -2.32. The molecule has 0 radical (unpaired) electrons. The highest BCUT2D eigenvalue weighted by molar-refractivity contribution is 4.84. The molecule has 3 aliphatic rings. The van der Waals surface area contributed by atoms with Gasteiger partial charge in [-0.15, -0.1) is 0 Å². The summed E-state index contributed by atoms with van der Waals surface area (Å²) in [4.78, 5) is 2.65. The molecule has 3 fully saturated rings. The molecule has 1 heterocycles. The van der Waals surface area contributed by atoms with E-state index < -0.39 is 0 Å². The monoisotopic (exact) mass is 280 g/mol. The third-order valence-electron chi connectivity index (χ3n) is 5.33. The van der Waals surface area contributed by atoms with E-state index in [1.165, 1.54) is 71.0 Å². The van der Waals surface area contributed by atoms with Crippen molar-refractivity contribution in [2.24, 2.45) is 11.8 Å². The topological polar surface area (TPSA) is 24.5 Å². The summed E-state index contributed by atoms with van der Waals surface area (Å²) in [5.74, 6) is 1.83. The molecule has 3 rings (SSSR count). The summed E-state index contributed by atoms with van der Waals surface area (Å²) in [6.45, 7) is 6.80. The highest BCUT2D eigenvalue weighted by Crippen LogP contribution is 2.29. The Hall–Kier alpha value is -0.120. The van der Waals surface area contributed by atoms with E-state index in [4.69, 9.17) is 4.74 Å². The Kier molecular flexibility index (Phi) is 5.75. The van der Waals surface area contributed by atoms with Crippen LogP contribution in [0.15, 0.2) is 0 Å². The number of rotatable bonds is 6. The van der Waals surface area contributed by atoms with Gasteiger partial charge in [0, 0.05) is 25.7 Å². The van der Waals surface area contributed by atoms with Gasteiger partial charge >= 0.3 is 0 Å². The number of ether oxygens (including phenoxy) is 1. The first-order valence-corrected chi connectivity index (χ1v) is 8.95. The highest BCUT2D eigenvalue weighted by atomic mass is 16.5. The quantitative estimate of drug-likeness (QED) is 0.757. The van der Waals surface area contributed by atoms with Gasteiger partial charge in [0.25, 0.3) is 0 Å². The molecule has 116 valence electrons. The van der Waals surface area contributed by atoms with Crippen molar-refractivity contribution < 1.29 is 4.74 Å². The van der Waals surface area contributed by atoms with Gasteiger partial charge in [0.05, 0.1) is 6.61 Å². The molecule has 0 aromatic rings. The van der Waals surface area contributed by atoms with E-state index in [0.717, 1.165) is 37.6 Å². The summed E-state index contributed by atoms with van der Waals surface area (Å²) in [6, 6.07) is 0.737. The molecule has 1 aliphatic heterocycles. The molecule has 0 aromatic carbocycles. The van der Waals surface area contributed by atoms with Gasteiger partial charge in [-0.2, -0.15) is 0 Å². The van der Waals surface area contributed by atoms with Crippen molar-refractivity contribution in [2.75, 3.05) is 39.4 Å². The molecule has 2 saturated carbocycles. The van der Waals surface area contributed by atoms with Gasteiger partial charge in [-0.3, -0.25) is 4.90 Å². The summed E-state index contributed by atoms with van der Waals surface area (Å²) in [6.07, 6.45) is 11.4. The van der Waals surface area contributed by atoms with Crippen LogP contribution in [0.1, 0.15) is 51.4 Å². The van der Waals surface area contributed by atoms with E-state index in [2.05, 4.69) is 10.2 Å². The average Bonchev–Trinajstić information content (AvgIpc) is 3.32. The van der Waals surface area contributed by atoms with E-state index in [0.29, 0.717) is 0 Å². The summed E-state index contributed by atoms with van der Waals surface area (Å²) < 4.78 is 5.82. The zero-order valence-electron chi connectivity index (χ0n) is 13.0. The van der Waals surface area contributed by atoms with Gasteiger partial charge in [-0.25, -0.2) is 0 Å². The Balaban J connectivity index is 1.39. The van der Waals surface area contributed by atoms with Gasteiger partial charge in [0.1, 0.15) is 0 Å². The SMILES string of the molecule is C1CCC(C2CN(CCOCC3CC3)CCCN2)CC1. The van der Waals surface area contributed by atoms with Crippen LogP contribution < -0.4 is 5.32 Å². The zero-order valence-corrected chi connectivity index (χ0v) is 13.0. The number of hydrogen-bond donors (Lipinski definition) is 1. The molecule has 0 spiro atoms. The van der Waals surface area contributed by atoms with Crippen molar-refractivity contribution in [3.8, 4) is 0 Å². The van der Waals surface area contributed by atoms with Crippen LogP contribution in [0, 0.1) is 11.8 Å². The fraction of sp³-hybridized carbons (Fsp3) is 1.00. The predicted octanol–water partition coefficient (Wildman–Crippen LogP) is 2.66. The molecule has 3 nitrogen and oxygen atoms in total. The van der Waals surface area contributed by atoms with E-state index in [1.807, 2.05) is 0 Å². The second-order valence-electron chi connectivity index (χ2n) is 7.13. The Morgan fingerprint density at radius 2 is 1.85 bits per heavy atom. The third kappa shape index (κ3) is 4.71. The van der Waals surface area contributed by atoms with E-state index in [-0.39, 0.29) is 0 Å². The number of nitrogens with zero attached hydrogens (tertiary/aromatic N) is 1. The molecule has 1 unspecified atom stereocenters. The molecule has 1 N–H and O–H groups in total. The molecule has 20 heavy (non-hydrogen) atoms. The molecule has 0 bridgehead atoms. The molecular formula is C17H32N2O. The minimum absolute atomic E-state index is 0.737. The summed E-state index contributed by atoms with van der Waals surface area (Å²) >= 11 is 0. The molecule has 3 heteroatoms. The maximum atomic E-state index is 5.82. The second-order valence-corrected chi connectivity index (χ2v) is 7.13. The van der Waals surface area contributed by atoms with Gasteiger partial charge in [-0.05, 0) is 57.0 Å². The van der Waals surface area contributed by atoms with Gasteiger partial charge < -0.3 is 10.1 Å². The van der Waals surface area contributed by atoms with Crippen molar-refractivity contribution in [1.29, 1.82) is 0 Å². The average molecular weight is 280 g/mol. The van der Waals surface area contributed by atoms with E-state index in [1.54, 1.807) is 0 Å². The van der Waals surface area contributed by atoms with Gasteiger partial charge in [0.2, 0.25) is 0 Å². The minimum atomic E-state index is 0.737. The van der Waals surface area contributed by atoms with Crippen LogP contribution in [0.4, 0.5) is 0 Å². The second kappa shape index (κ2) is 7.77. The molecule has 1 saturated heterocycles. The Morgan fingerprint density at radius 3 is 2.65 bits per heavy atom. The van der Waals surface area contributed by atoms with Crippen LogP contribution in [-0.4, -0.2) is 50.3 Å². The predicted molar refractivity (Wildman–Crippen MR) is 83.0 cm³/mol. The van der Waals surface area contributed by atoms with Crippen molar-refractivity contribution >= 4 is 0 Å². The Labute approximate surface area is 124 Å². The Bertz CT molecular complexity index is 274. The zero-order chi connectivity index (χ0) is 13.6. The maximum absolute atomic E-state index is 5.82. The van der Waals surface area contributed by atoms with Gasteiger partial charge in [-0.1, -0.05) is 19.3 Å². The van der Waals surface area contributed by atoms with Crippen molar-refractivity contribution in [2.45, 2.75) is 57.4 Å². The van der Waals surface area contributed by atoms with Crippen LogP contribution in [0.2, 0.25) is 0 Å². The van der Waals surface area contributed by atoms with Crippen molar-refractivity contribution in [3.63, 3.8) is 0 Å². The van der Waals surface area contributed by atoms with Crippen LogP contribution >= 0.6 is 0 Å². The summed E-state index contributed by atoms with van der Waals surface area (Å²) in [5.41, 5.74) is 0. The van der Waals surface area contributed by atoms with Crippen molar-refractivity contribution in [1.82, 2.24) is 10.2 Å². The molecule has 0 aromatic heterocycles. The number of hydrogen-bond acceptors (Lipinski definition) is 3. The highest BCUT2D eigenvalue weighted by Gasteiger charge is 2.27.